The number of esters is 1. The molecule has 6 nitrogen and oxygen atoms in total. The molecule has 0 spiro atoms. The maximum absolute atomic E-state index is 13.2. The van der Waals surface area contributed by atoms with Crippen molar-refractivity contribution >= 4 is 33.7 Å². The largest absolute Gasteiger partial charge is 0.477 e. The predicted octanol–water partition coefficient (Wildman–Crippen LogP) is 4.72. The molecule has 0 unspecified atom stereocenters. The van der Waals surface area contributed by atoms with Crippen molar-refractivity contribution in [2.75, 3.05) is 7.11 Å². The summed E-state index contributed by atoms with van der Waals surface area (Å²) in [7, 11) is 1.31. The topological polar surface area (TPSA) is 95.2 Å². The number of aryl methyl sites for hydroxylation is 2. The summed E-state index contributed by atoms with van der Waals surface area (Å²) in [6.45, 7) is 3.31. The van der Waals surface area contributed by atoms with Crippen LogP contribution in [0.1, 0.15) is 32.1 Å². The Labute approximate surface area is 164 Å². The average Bonchev–Trinajstić information content (AvgIpc) is 3.26. The zero-order chi connectivity index (χ0) is 21.3. The highest BCUT2D eigenvalue weighted by Crippen LogP contribution is 2.20. The first-order valence-corrected chi connectivity index (χ1v) is 8.59. The van der Waals surface area contributed by atoms with Gasteiger partial charge in [-0.2, -0.15) is 0 Å². The van der Waals surface area contributed by atoms with Gasteiger partial charge in [0.05, 0.1) is 7.11 Å². The zero-order valence-corrected chi connectivity index (χ0v) is 15.9. The second-order valence-electron chi connectivity index (χ2n) is 6.54. The van der Waals surface area contributed by atoms with Gasteiger partial charge in [-0.3, -0.25) is 0 Å². The second kappa shape index (κ2) is 7.75. The molecule has 0 amide bonds. The summed E-state index contributed by atoms with van der Waals surface area (Å²) < 4.78 is 30.9. The lowest BCUT2D eigenvalue weighted by Gasteiger charge is -1.95. The molecule has 2 aromatic carbocycles. The molecule has 2 aromatic heterocycles. The summed E-state index contributed by atoms with van der Waals surface area (Å²) in [4.78, 5) is 27.4. The van der Waals surface area contributed by atoms with Crippen LogP contribution >= 0.6 is 0 Å². The number of carboxylic acid groups (broad SMARTS) is 1. The van der Waals surface area contributed by atoms with Gasteiger partial charge in [-0.1, -0.05) is 0 Å². The van der Waals surface area contributed by atoms with E-state index in [1.54, 1.807) is 32.0 Å². The van der Waals surface area contributed by atoms with Crippen molar-refractivity contribution in [2.24, 2.45) is 0 Å². The van der Waals surface area contributed by atoms with Gasteiger partial charge in [-0.05, 0) is 61.4 Å². The number of nitrogens with one attached hydrogen (secondary N) is 2. The molecular formula is C21H18F2N2O4. The molecule has 29 heavy (non-hydrogen) atoms. The fraction of sp³-hybridized carbons (Fsp3) is 0.143. The van der Waals surface area contributed by atoms with E-state index in [-0.39, 0.29) is 17.3 Å². The van der Waals surface area contributed by atoms with Gasteiger partial charge in [-0.15, -0.1) is 0 Å². The van der Waals surface area contributed by atoms with Crippen LogP contribution in [0.4, 0.5) is 8.78 Å². The number of rotatable bonds is 2. The third-order valence-corrected chi connectivity index (χ3v) is 4.44. The number of methoxy groups -OCH3 is 1. The fourth-order valence-corrected chi connectivity index (χ4v) is 2.86. The molecule has 0 bridgehead atoms. The summed E-state index contributed by atoms with van der Waals surface area (Å²) in [5.41, 5.74) is 2.81. The first-order chi connectivity index (χ1) is 13.7. The Kier molecular flexibility index (Phi) is 5.36. The SMILES string of the molecule is COC(=O)c1cc2cc(F)c(C)cc2[nH]1.Cc1cc2[nH]c(C(=O)O)cc2cc1F. The number of benzene rings is 2. The minimum absolute atomic E-state index is 0.0741. The molecule has 0 aliphatic carbocycles. The van der Waals surface area contributed by atoms with Crippen molar-refractivity contribution in [3.63, 3.8) is 0 Å². The van der Waals surface area contributed by atoms with E-state index in [0.717, 1.165) is 5.52 Å². The number of aromatic amines is 2. The number of H-pyrrole nitrogens is 2. The fourth-order valence-electron chi connectivity index (χ4n) is 2.86. The average molecular weight is 400 g/mol. The summed E-state index contributed by atoms with van der Waals surface area (Å²) in [6.07, 6.45) is 0. The van der Waals surface area contributed by atoms with Crippen LogP contribution in [0, 0.1) is 25.5 Å². The van der Waals surface area contributed by atoms with Crippen LogP contribution in [0.5, 0.6) is 0 Å². The van der Waals surface area contributed by atoms with E-state index in [4.69, 9.17) is 5.11 Å². The molecule has 4 rings (SSSR count). The third kappa shape index (κ3) is 4.11. The van der Waals surface area contributed by atoms with Gasteiger partial charge in [0.15, 0.2) is 0 Å². The minimum Gasteiger partial charge on any atom is -0.477 e. The number of aromatic nitrogens is 2. The molecule has 0 radical (unpaired) electrons. The minimum atomic E-state index is -1.04. The Morgan fingerprint density at radius 2 is 1.28 bits per heavy atom. The molecule has 150 valence electrons. The molecule has 8 heteroatoms. The van der Waals surface area contributed by atoms with E-state index < -0.39 is 11.9 Å². The highest BCUT2D eigenvalue weighted by molar-refractivity contribution is 5.95. The van der Waals surface area contributed by atoms with Crippen LogP contribution in [-0.2, 0) is 4.74 Å². The highest BCUT2D eigenvalue weighted by atomic mass is 19.1. The van der Waals surface area contributed by atoms with Crippen molar-refractivity contribution in [1.82, 2.24) is 9.97 Å². The molecule has 0 saturated heterocycles. The number of carboxylic acids is 1. The Morgan fingerprint density at radius 1 is 0.828 bits per heavy atom. The van der Waals surface area contributed by atoms with Crippen LogP contribution in [0.3, 0.4) is 0 Å². The maximum atomic E-state index is 13.2. The number of ether oxygens (including phenoxy) is 1. The maximum Gasteiger partial charge on any atom is 0.354 e. The standard InChI is InChI=1S/C11H10FNO2.C10H8FNO2/c1-6-3-9-7(4-8(6)12)5-10(13-9)11(14)15-2;1-5-2-8-6(3-7(5)11)4-9(12-8)10(13)14/h3-5,13H,1-2H3;2-4,12H,1H3,(H,13,14). The number of carbonyl (C=O) groups excluding carboxylic acids is 1. The molecule has 0 aliphatic heterocycles. The van der Waals surface area contributed by atoms with Crippen molar-refractivity contribution in [3.8, 4) is 0 Å². The van der Waals surface area contributed by atoms with E-state index in [0.29, 0.717) is 33.1 Å². The smallest absolute Gasteiger partial charge is 0.354 e. The Balaban J connectivity index is 0.000000166. The van der Waals surface area contributed by atoms with E-state index in [2.05, 4.69) is 14.7 Å². The summed E-state index contributed by atoms with van der Waals surface area (Å²) in [5.74, 6) is -2.10. The van der Waals surface area contributed by atoms with Gasteiger partial charge in [0.25, 0.3) is 0 Å². The molecule has 4 aromatic rings. The van der Waals surface area contributed by atoms with Crippen LogP contribution in [0.25, 0.3) is 21.8 Å². The lowest BCUT2D eigenvalue weighted by atomic mass is 10.2. The van der Waals surface area contributed by atoms with Crippen molar-refractivity contribution < 1.29 is 28.2 Å². The quantitative estimate of drug-likeness (QED) is 0.425. The lowest BCUT2D eigenvalue weighted by molar-refractivity contribution is 0.0594. The molecule has 3 N–H and O–H groups in total. The molecule has 2 heterocycles. The molecule has 0 atom stereocenters. The predicted molar refractivity (Wildman–Crippen MR) is 104 cm³/mol. The van der Waals surface area contributed by atoms with Gasteiger partial charge < -0.3 is 19.8 Å². The van der Waals surface area contributed by atoms with Gasteiger partial charge in [0, 0.05) is 21.8 Å². The Hall–Kier alpha value is -3.68. The number of aromatic carboxylic acids is 1. The van der Waals surface area contributed by atoms with Gasteiger partial charge in [0.1, 0.15) is 23.0 Å². The first-order valence-electron chi connectivity index (χ1n) is 8.59. The van der Waals surface area contributed by atoms with Crippen molar-refractivity contribution in [2.45, 2.75) is 13.8 Å². The molecular weight excluding hydrogens is 382 g/mol. The number of halogens is 2. The van der Waals surface area contributed by atoms with E-state index in [1.807, 2.05) is 0 Å². The number of hydrogen-bond acceptors (Lipinski definition) is 3. The Morgan fingerprint density at radius 3 is 1.72 bits per heavy atom. The molecule has 0 fully saturated rings. The van der Waals surface area contributed by atoms with Crippen LogP contribution in [-0.4, -0.2) is 34.1 Å². The molecule has 0 aliphatic rings. The summed E-state index contributed by atoms with van der Waals surface area (Å²) in [5, 5.41) is 9.94. The van der Waals surface area contributed by atoms with E-state index >= 15 is 0 Å². The number of fused-ring (bicyclic) bond motifs is 2. The van der Waals surface area contributed by atoms with Gasteiger partial charge in [0.2, 0.25) is 0 Å². The van der Waals surface area contributed by atoms with Crippen molar-refractivity contribution in [3.05, 3.63) is 70.5 Å². The van der Waals surface area contributed by atoms with Crippen LogP contribution < -0.4 is 0 Å². The number of hydrogen-bond donors (Lipinski definition) is 3. The van der Waals surface area contributed by atoms with Crippen molar-refractivity contribution in [1.29, 1.82) is 0 Å². The van der Waals surface area contributed by atoms with E-state index in [9.17, 15) is 18.4 Å². The second-order valence-corrected chi connectivity index (χ2v) is 6.54. The first kappa shape index (κ1) is 20.1. The van der Waals surface area contributed by atoms with Gasteiger partial charge in [-0.25, -0.2) is 18.4 Å². The van der Waals surface area contributed by atoms with Crippen LogP contribution in [0.2, 0.25) is 0 Å². The zero-order valence-electron chi connectivity index (χ0n) is 15.9. The Bertz CT molecular complexity index is 1160. The lowest BCUT2D eigenvalue weighted by Crippen LogP contribution is -2.00. The van der Waals surface area contributed by atoms with Crippen LogP contribution in [0.15, 0.2) is 36.4 Å². The van der Waals surface area contributed by atoms with Gasteiger partial charge >= 0.3 is 11.9 Å². The normalized spacial score (nSPS) is 10.7. The summed E-state index contributed by atoms with van der Waals surface area (Å²) >= 11 is 0. The molecule has 0 saturated carbocycles. The monoisotopic (exact) mass is 400 g/mol. The number of carbonyl (C=O) groups is 2. The highest BCUT2D eigenvalue weighted by Gasteiger charge is 2.11. The van der Waals surface area contributed by atoms with E-state index in [1.165, 1.54) is 25.3 Å². The summed E-state index contributed by atoms with van der Waals surface area (Å²) in [6, 6.07) is 8.97. The third-order valence-electron chi connectivity index (χ3n) is 4.44.